The van der Waals surface area contributed by atoms with Crippen LogP contribution in [-0.4, -0.2) is 38.3 Å². The minimum atomic E-state index is -0.291. The van der Waals surface area contributed by atoms with Gasteiger partial charge in [0.2, 0.25) is 5.95 Å². The van der Waals surface area contributed by atoms with Gasteiger partial charge in [-0.2, -0.15) is 0 Å². The molecule has 3 heterocycles. The van der Waals surface area contributed by atoms with Crippen LogP contribution in [0.5, 0.6) is 0 Å². The van der Waals surface area contributed by atoms with Gasteiger partial charge in [0, 0.05) is 36.1 Å². The van der Waals surface area contributed by atoms with E-state index in [-0.39, 0.29) is 5.82 Å². The number of aromatic nitrogens is 4. The highest BCUT2D eigenvalue weighted by Gasteiger charge is 2.18. The molecule has 2 aromatic carbocycles. The average molecular weight is 487 g/mol. The Balaban J connectivity index is 1.57. The van der Waals surface area contributed by atoms with E-state index in [1.165, 1.54) is 12.1 Å². The summed E-state index contributed by atoms with van der Waals surface area (Å²) in [6, 6.07) is 20.0. The molecule has 0 fully saturated rings. The minimum Gasteiger partial charge on any atom is -0.350 e. The zero-order valence-electron chi connectivity index (χ0n) is 19.4. The van der Waals surface area contributed by atoms with Crippen molar-refractivity contribution in [2.24, 2.45) is 0 Å². The molecule has 0 aliphatic carbocycles. The van der Waals surface area contributed by atoms with Crippen LogP contribution in [0.4, 0.5) is 10.3 Å². The molecule has 0 atom stereocenters. The van der Waals surface area contributed by atoms with Crippen LogP contribution in [0.2, 0.25) is 5.02 Å². The molecule has 0 bridgehead atoms. The summed E-state index contributed by atoms with van der Waals surface area (Å²) in [5.41, 5.74) is 5.95. The molecule has 35 heavy (non-hydrogen) atoms. The first kappa shape index (κ1) is 23.0. The quantitative estimate of drug-likeness (QED) is 0.309. The molecule has 8 heteroatoms. The topological polar surface area (TPSA) is 58.4 Å². The summed E-state index contributed by atoms with van der Waals surface area (Å²) >= 11 is 6.29. The van der Waals surface area contributed by atoms with Crippen LogP contribution < -0.4 is 5.32 Å². The van der Waals surface area contributed by atoms with E-state index in [2.05, 4.69) is 27.3 Å². The fourth-order valence-corrected chi connectivity index (χ4v) is 4.20. The first-order valence-corrected chi connectivity index (χ1v) is 11.6. The summed E-state index contributed by atoms with van der Waals surface area (Å²) in [5.74, 6) is 0.187. The van der Waals surface area contributed by atoms with Crippen LogP contribution in [0.15, 0.2) is 79.1 Å². The lowest BCUT2D eigenvalue weighted by atomic mass is 10.1. The number of benzene rings is 2. The van der Waals surface area contributed by atoms with Gasteiger partial charge in [-0.1, -0.05) is 29.8 Å². The van der Waals surface area contributed by atoms with Gasteiger partial charge >= 0.3 is 0 Å². The predicted molar refractivity (Wildman–Crippen MR) is 138 cm³/mol. The monoisotopic (exact) mass is 486 g/mol. The van der Waals surface area contributed by atoms with Gasteiger partial charge in [-0.3, -0.25) is 4.40 Å². The summed E-state index contributed by atoms with van der Waals surface area (Å²) in [5, 5.41) is 3.94. The Morgan fingerprint density at radius 2 is 1.80 bits per heavy atom. The van der Waals surface area contributed by atoms with E-state index in [1.54, 1.807) is 18.3 Å². The molecule has 0 aliphatic rings. The lowest BCUT2D eigenvalue weighted by Crippen LogP contribution is -2.10. The van der Waals surface area contributed by atoms with E-state index < -0.39 is 0 Å². The zero-order valence-corrected chi connectivity index (χ0v) is 20.2. The van der Waals surface area contributed by atoms with E-state index in [0.717, 1.165) is 40.3 Å². The van der Waals surface area contributed by atoms with Crippen molar-refractivity contribution in [1.82, 2.24) is 24.3 Å². The van der Waals surface area contributed by atoms with Gasteiger partial charge < -0.3 is 10.2 Å². The van der Waals surface area contributed by atoms with E-state index >= 15 is 0 Å². The standard InChI is InChI=1S/C27H24ClFN6/c1-34(2)17-18-12-14-35-24(15-18)33-25(19-7-9-21(29)10-8-19)26(35)23-11-13-30-27(32-23)31-16-20-5-3-4-6-22(20)28/h3-15H,16-17H2,1-2H3,(H,30,31,32). The van der Waals surface area contributed by atoms with Gasteiger partial charge in [0.25, 0.3) is 0 Å². The molecule has 3 aromatic heterocycles. The number of rotatable bonds is 7. The van der Waals surface area contributed by atoms with E-state index in [4.69, 9.17) is 21.6 Å². The summed E-state index contributed by atoms with van der Waals surface area (Å²) in [6.45, 7) is 1.29. The molecule has 5 aromatic rings. The predicted octanol–water partition coefficient (Wildman–Crippen LogP) is 5.92. The number of nitrogens with zero attached hydrogens (tertiary/aromatic N) is 5. The number of hydrogen-bond donors (Lipinski definition) is 1. The number of hydrogen-bond acceptors (Lipinski definition) is 5. The largest absolute Gasteiger partial charge is 0.350 e. The first-order chi connectivity index (χ1) is 17.0. The molecule has 0 unspecified atom stereocenters. The van der Waals surface area contributed by atoms with Gasteiger partial charge in [-0.05, 0) is 73.8 Å². The lowest BCUT2D eigenvalue weighted by Gasteiger charge is -2.11. The second kappa shape index (κ2) is 9.82. The molecule has 0 aliphatic heterocycles. The lowest BCUT2D eigenvalue weighted by molar-refractivity contribution is 0.402. The maximum atomic E-state index is 13.6. The van der Waals surface area contributed by atoms with Gasteiger partial charge in [0.15, 0.2) is 0 Å². The number of fused-ring (bicyclic) bond motifs is 1. The maximum Gasteiger partial charge on any atom is 0.223 e. The molecule has 0 saturated carbocycles. The van der Waals surface area contributed by atoms with E-state index in [1.807, 2.05) is 55.0 Å². The smallest absolute Gasteiger partial charge is 0.223 e. The molecule has 1 N–H and O–H groups in total. The molecule has 5 rings (SSSR count). The Kier molecular flexibility index (Phi) is 6.44. The summed E-state index contributed by atoms with van der Waals surface area (Å²) < 4.78 is 15.7. The van der Waals surface area contributed by atoms with Crippen LogP contribution >= 0.6 is 11.6 Å². The van der Waals surface area contributed by atoms with Crippen molar-refractivity contribution in [1.29, 1.82) is 0 Å². The number of anilines is 1. The molecule has 0 saturated heterocycles. The van der Waals surface area contributed by atoms with Crippen molar-refractivity contribution < 1.29 is 4.39 Å². The van der Waals surface area contributed by atoms with E-state index in [9.17, 15) is 4.39 Å². The highest BCUT2D eigenvalue weighted by Crippen LogP contribution is 2.32. The molecule has 0 spiro atoms. The molecule has 0 radical (unpaired) electrons. The molecular formula is C27H24ClFN6. The SMILES string of the molecule is CN(C)Cc1ccn2c(-c3ccnc(NCc4ccccc4Cl)n3)c(-c3ccc(F)cc3)nc2c1. The van der Waals surface area contributed by atoms with Gasteiger partial charge in [-0.15, -0.1) is 0 Å². The summed E-state index contributed by atoms with van der Waals surface area (Å²) in [6.07, 6.45) is 3.72. The van der Waals surface area contributed by atoms with Crippen molar-refractivity contribution in [3.63, 3.8) is 0 Å². The normalized spacial score (nSPS) is 11.3. The molecular weight excluding hydrogens is 463 g/mol. The van der Waals surface area contributed by atoms with Crippen LogP contribution in [0.3, 0.4) is 0 Å². The van der Waals surface area contributed by atoms with Crippen LogP contribution in [-0.2, 0) is 13.1 Å². The van der Waals surface area contributed by atoms with Crippen molar-refractivity contribution in [2.45, 2.75) is 13.1 Å². The van der Waals surface area contributed by atoms with Gasteiger partial charge in [-0.25, -0.2) is 19.3 Å². The van der Waals surface area contributed by atoms with Crippen LogP contribution in [0.1, 0.15) is 11.1 Å². The Bertz CT molecular complexity index is 1480. The fraction of sp³-hybridized carbons (Fsp3) is 0.148. The number of pyridine rings is 1. The average Bonchev–Trinajstić information content (AvgIpc) is 3.22. The van der Waals surface area contributed by atoms with Gasteiger partial charge in [0.1, 0.15) is 11.5 Å². The van der Waals surface area contributed by atoms with Crippen molar-refractivity contribution in [3.8, 4) is 22.6 Å². The van der Waals surface area contributed by atoms with E-state index in [0.29, 0.717) is 23.2 Å². The highest BCUT2D eigenvalue weighted by atomic mass is 35.5. The number of nitrogens with one attached hydrogen (secondary N) is 1. The Morgan fingerprint density at radius 1 is 1.00 bits per heavy atom. The Hall–Kier alpha value is -3.81. The molecule has 6 nitrogen and oxygen atoms in total. The second-order valence-corrected chi connectivity index (χ2v) is 8.93. The highest BCUT2D eigenvalue weighted by molar-refractivity contribution is 6.31. The third-order valence-electron chi connectivity index (χ3n) is 5.60. The third kappa shape index (κ3) is 5.01. The van der Waals surface area contributed by atoms with Gasteiger partial charge in [0.05, 0.1) is 17.1 Å². The summed E-state index contributed by atoms with van der Waals surface area (Å²) in [4.78, 5) is 16.2. The third-order valence-corrected chi connectivity index (χ3v) is 5.97. The molecule has 0 amide bonds. The number of imidazole rings is 1. The second-order valence-electron chi connectivity index (χ2n) is 8.53. The zero-order chi connectivity index (χ0) is 24.4. The maximum absolute atomic E-state index is 13.6. The Labute approximate surface area is 208 Å². The fourth-order valence-electron chi connectivity index (χ4n) is 4.00. The minimum absolute atomic E-state index is 0.291. The molecule has 176 valence electrons. The van der Waals surface area contributed by atoms with Crippen molar-refractivity contribution >= 4 is 23.2 Å². The summed E-state index contributed by atoms with van der Waals surface area (Å²) in [7, 11) is 4.06. The van der Waals surface area contributed by atoms with Crippen molar-refractivity contribution in [2.75, 3.05) is 19.4 Å². The van der Waals surface area contributed by atoms with Crippen LogP contribution in [0.25, 0.3) is 28.3 Å². The first-order valence-electron chi connectivity index (χ1n) is 11.2. The number of halogens is 2. The van der Waals surface area contributed by atoms with Crippen LogP contribution in [0, 0.1) is 5.82 Å². The Morgan fingerprint density at radius 3 is 2.57 bits per heavy atom. The van der Waals surface area contributed by atoms with Crippen molar-refractivity contribution in [3.05, 3.63) is 101 Å².